The Bertz CT molecular complexity index is 142. The lowest BCUT2D eigenvalue weighted by atomic mass is 10.3. The molecule has 0 unspecified atom stereocenters. The summed E-state index contributed by atoms with van der Waals surface area (Å²) in [6.45, 7) is 3.64. The first-order chi connectivity index (χ1) is 6.12. The molecule has 0 saturated carbocycles. The molecule has 3 N–H and O–H groups in total. The number of carbonyl (C=O) groups is 2. The van der Waals surface area contributed by atoms with Crippen molar-refractivity contribution in [3.8, 4) is 0 Å². The van der Waals surface area contributed by atoms with Crippen molar-refractivity contribution in [2.45, 2.75) is 33.1 Å². The molecule has 0 atom stereocenters. The molecule has 0 aliphatic carbocycles. The molecule has 0 fully saturated rings. The topological polar surface area (TPSA) is 78.4 Å². The summed E-state index contributed by atoms with van der Waals surface area (Å²) in [5.41, 5.74) is 1.48. The van der Waals surface area contributed by atoms with Crippen LogP contribution in [0.4, 0.5) is 0 Å². The second-order valence-electron chi connectivity index (χ2n) is 2.31. The highest BCUT2D eigenvalue weighted by atomic mass is 16.5. The lowest BCUT2D eigenvalue weighted by Crippen LogP contribution is -2.16. The van der Waals surface area contributed by atoms with Gasteiger partial charge >= 0.3 is 0 Å². The molecule has 0 aromatic rings. The lowest BCUT2D eigenvalue weighted by molar-refractivity contribution is -0.128. The molecule has 0 bridgehead atoms. The zero-order valence-electron chi connectivity index (χ0n) is 8.39. The van der Waals surface area contributed by atoms with E-state index in [1.807, 2.05) is 6.92 Å². The van der Waals surface area contributed by atoms with Crippen LogP contribution >= 0.6 is 0 Å². The minimum Gasteiger partial charge on any atom is -0.359 e. The minimum absolute atomic E-state index is 0.127. The van der Waals surface area contributed by atoms with Crippen LogP contribution in [0.2, 0.25) is 0 Å². The number of hydrogen-bond acceptors (Lipinski definition) is 3. The largest absolute Gasteiger partial charge is 0.359 e. The molecular weight excluding hydrogens is 172 g/mol. The van der Waals surface area contributed by atoms with Crippen molar-refractivity contribution in [2.75, 3.05) is 7.05 Å². The van der Waals surface area contributed by atoms with Gasteiger partial charge in [-0.15, -0.1) is 0 Å². The van der Waals surface area contributed by atoms with Crippen LogP contribution in [0.25, 0.3) is 0 Å². The first kappa shape index (κ1) is 14.4. The van der Waals surface area contributed by atoms with Gasteiger partial charge in [-0.1, -0.05) is 13.8 Å². The molecule has 13 heavy (non-hydrogen) atoms. The lowest BCUT2D eigenvalue weighted by Gasteiger charge is -1.91. The molecule has 0 aliphatic rings. The fourth-order valence-electron chi connectivity index (χ4n) is 0.431. The third-order valence-electron chi connectivity index (χ3n) is 1.20. The molecule has 0 rings (SSSR count). The first-order valence-electron chi connectivity index (χ1n) is 4.25. The molecular formula is C8H18N2O3. The summed E-state index contributed by atoms with van der Waals surface area (Å²) < 4.78 is 0. The van der Waals surface area contributed by atoms with Crippen molar-refractivity contribution in [1.29, 1.82) is 0 Å². The maximum absolute atomic E-state index is 10.3. The molecule has 0 saturated heterocycles. The highest BCUT2D eigenvalue weighted by molar-refractivity contribution is 5.75. The van der Waals surface area contributed by atoms with Crippen molar-refractivity contribution < 1.29 is 14.8 Å². The Morgan fingerprint density at radius 1 is 1.23 bits per heavy atom. The van der Waals surface area contributed by atoms with Gasteiger partial charge < -0.3 is 5.32 Å². The van der Waals surface area contributed by atoms with Crippen molar-refractivity contribution in [2.24, 2.45) is 0 Å². The second kappa shape index (κ2) is 10.9. The molecule has 0 radical (unpaired) electrons. The van der Waals surface area contributed by atoms with Gasteiger partial charge in [-0.3, -0.25) is 14.8 Å². The first-order valence-corrected chi connectivity index (χ1v) is 4.25. The van der Waals surface area contributed by atoms with Gasteiger partial charge in [0.25, 0.3) is 0 Å². The second-order valence-corrected chi connectivity index (χ2v) is 2.31. The molecule has 0 spiro atoms. The Morgan fingerprint density at radius 2 is 1.77 bits per heavy atom. The van der Waals surface area contributed by atoms with E-state index in [-0.39, 0.29) is 11.8 Å². The fraction of sp³-hybridized carbons (Fsp3) is 0.750. The van der Waals surface area contributed by atoms with Gasteiger partial charge in [0.15, 0.2) is 0 Å². The Kier molecular flexibility index (Phi) is 12.1. The van der Waals surface area contributed by atoms with Gasteiger partial charge in [0, 0.05) is 19.9 Å². The Morgan fingerprint density at radius 3 is 1.85 bits per heavy atom. The maximum atomic E-state index is 10.3. The minimum atomic E-state index is -0.352. The summed E-state index contributed by atoms with van der Waals surface area (Å²) in [6.07, 6.45) is 1.91. The molecule has 0 aromatic carbocycles. The Balaban J connectivity index is 0. The third kappa shape index (κ3) is 13.8. The molecule has 0 aromatic heterocycles. The third-order valence-corrected chi connectivity index (χ3v) is 1.20. The van der Waals surface area contributed by atoms with Crippen LogP contribution in [0.3, 0.4) is 0 Å². The zero-order chi connectivity index (χ0) is 10.7. The SMILES string of the molecule is CCC(=O)NO.CCCC(=O)NC. The Hall–Kier alpha value is -1.10. The number of amides is 2. The van der Waals surface area contributed by atoms with E-state index in [0.717, 1.165) is 6.42 Å². The maximum Gasteiger partial charge on any atom is 0.243 e. The van der Waals surface area contributed by atoms with Gasteiger partial charge in [0.1, 0.15) is 0 Å². The Labute approximate surface area is 78.5 Å². The van der Waals surface area contributed by atoms with E-state index in [1.165, 1.54) is 5.48 Å². The molecule has 78 valence electrons. The smallest absolute Gasteiger partial charge is 0.243 e. The van der Waals surface area contributed by atoms with E-state index in [9.17, 15) is 9.59 Å². The van der Waals surface area contributed by atoms with Crippen molar-refractivity contribution in [3.05, 3.63) is 0 Å². The van der Waals surface area contributed by atoms with Crippen LogP contribution in [0, 0.1) is 0 Å². The molecule has 0 aliphatic heterocycles. The van der Waals surface area contributed by atoms with E-state index in [4.69, 9.17) is 5.21 Å². The van der Waals surface area contributed by atoms with Gasteiger partial charge in [-0.2, -0.15) is 0 Å². The normalized spacial score (nSPS) is 8.00. The number of carbonyl (C=O) groups excluding carboxylic acids is 2. The van der Waals surface area contributed by atoms with Crippen molar-refractivity contribution in [3.63, 3.8) is 0 Å². The van der Waals surface area contributed by atoms with Crippen LogP contribution in [-0.4, -0.2) is 24.1 Å². The molecule has 0 heterocycles. The predicted octanol–water partition coefficient (Wildman–Crippen LogP) is 0.434. The highest BCUT2D eigenvalue weighted by Gasteiger charge is 1.89. The number of hydrogen-bond donors (Lipinski definition) is 3. The van der Waals surface area contributed by atoms with Gasteiger partial charge in [0.2, 0.25) is 11.8 Å². The van der Waals surface area contributed by atoms with Gasteiger partial charge in [-0.05, 0) is 6.42 Å². The van der Waals surface area contributed by atoms with Crippen LogP contribution in [0.1, 0.15) is 33.1 Å². The van der Waals surface area contributed by atoms with Gasteiger partial charge in [0.05, 0.1) is 0 Å². The number of nitrogens with one attached hydrogen (secondary N) is 2. The summed E-state index contributed by atoms with van der Waals surface area (Å²) in [6, 6.07) is 0. The fourth-order valence-corrected chi connectivity index (χ4v) is 0.431. The van der Waals surface area contributed by atoms with E-state index < -0.39 is 0 Å². The summed E-state index contributed by atoms with van der Waals surface area (Å²) in [7, 11) is 1.65. The molecule has 5 nitrogen and oxygen atoms in total. The van der Waals surface area contributed by atoms with E-state index >= 15 is 0 Å². The summed E-state index contributed by atoms with van der Waals surface area (Å²) in [4.78, 5) is 20.1. The zero-order valence-corrected chi connectivity index (χ0v) is 8.39. The van der Waals surface area contributed by atoms with Crippen molar-refractivity contribution >= 4 is 11.8 Å². The van der Waals surface area contributed by atoms with E-state index in [1.54, 1.807) is 14.0 Å². The predicted molar refractivity (Wildman–Crippen MR) is 49.2 cm³/mol. The number of hydroxylamine groups is 1. The summed E-state index contributed by atoms with van der Waals surface area (Å²) >= 11 is 0. The standard InChI is InChI=1S/C5H11NO.C3H7NO2/c1-3-4-5(7)6-2;1-2-3(5)4-6/h3-4H2,1-2H3,(H,6,7);6H,2H2,1H3,(H,4,5). The van der Waals surface area contributed by atoms with Crippen LogP contribution in [0.15, 0.2) is 0 Å². The van der Waals surface area contributed by atoms with Crippen LogP contribution < -0.4 is 10.8 Å². The summed E-state index contributed by atoms with van der Waals surface area (Å²) in [5.74, 6) is -0.225. The quantitative estimate of drug-likeness (QED) is 0.446. The molecule has 5 heteroatoms. The summed E-state index contributed by atoms with van der Waals surface area (Å²) in [5, 5.41) is 10.3. The van der Waals surface area contributed by atoms with Crippen molar-refractivity contribution in [1.82, 2.24) is 10.8 Å². The van der Waals surface area contributed by atoms with Gasteiger partial charge in [-0.25, -0.2) is 5.48 Å². The monoisotopic (exact) mass is 190 g/mol. The van der Waals surface area contributed by atoms with E-state index in [2.05, 4.69) is 5.32 Å². The molecule has 2 amide bonds. The average molecular weight is 190 g/mol. The van der Waals surface area contributed by atoms with Crippen LogP contribution in [-0.2, 0) is 9.59 Å². The number of rotatable bonds is 3. The van der Waals surface area contributed by atoms with Crippen LogP contribution in [0.5, 0.6) is 0 Å². The van der Waals surface area contributed by atoms with E-state index in [0.29, 0.717) is 12.8 Å². The highest BCUT2D eigenvalue weighted by Crippen LogP contribution is 1.82. The average Bonchev–Trinajstić information content (AvgIpc) is 2.18.